The minimum absolute atomic E-state index is 0.188. The van der Waals surface area contributed by atoms with Crippen LogP contribution >= 0.6 is 0 Å². The average molecular weight is 357 g/mol. The van der Waals surface area contributed by atoms with Gasteiger partial charge in [-0.15, -0.1) is 0 Å². The quantitative estimate of drug-likeness (QED) is 0.553. The largest absolute Gasteiger partial charge is 0.493 e. The summed E-state index contributed by atoms with van der Waals surface area (Å²) in [6, 6.07) is 9.29. The fourth-order valence-corrected chi connectivity index (χ4v) is 2.24. The summed E-state index contributed by atoms with van der Waals surface area (Å²) in [6.45, 7) is 0. The molecular weight excluding hydrogens is 338 g/mol. The van der Waals surface area contributed by atoms with Gasteiger partial charge in [0.25, 0.3) is 0 Å². The highest BCUT2D eigenvalue weighted by Gasteiger charge is 2.15. The Morgan fingerprint density at radius 2 is 1.50 bits per heavy atom. The first kappa shape index (κ1) is 18.9. The van der Waals surface area contributed by atoms with Gasteiger partial charge in [0.2, 0.25) is 5.75 Å². The third kappa shape index (κ3) is 4.32. The van der Waals surface area contributed by atoms with Crippen molar-refractivity contribution < 1.29 is 28.9 Å². The molecule has 136 valence electrons. The molecule has 0 atom stereocenters. The fourth-order valence-electron chi connectivity index (χ4n) is 2.24. The SMILES string of the molecule is COc1cc(C(=O)/C=C/Nc2ccc(C(=O)O)cc2)cc(OC)c1OC. The number of carboxylic acids is 1. The molecule has 7 nitrogen and oxygen atoms in total. The molecule has 2 rings (SSSR count). The number of benzene rings is 2. The molecule has 0 unspecified atom stereocenters. The van der Waals surface area contributed by atoms with Gasteiger partial charge in [-0.1, -0.05) is 0 Å². The predicted molar refractivity (Wildman–Crippen MR) is 96.6 cm³/mol. The summed E-state index contributed by atoms with van der Waals surface area (Å²) in [5.74, 6) is -0.0719. The maximum Gasteiger partial charge on any atom is 0.335 e. The van der Waals surface area contributed by atoms with Gasteiger partial charge in [0.05, 0.1) is 26.9 Å². The number of carbonyl (C=O) groups excluding carboxylic acids is 1. The van der Waals surface area contributed by atoms with E-state index in [1.54, 1.807) is 24.3 Å². The Bertz CT molecular complexity index is 801. The van der Waals surface area contributed by atoms with Crippen LogP contribution in [0, 0.1) is 0 Å². The molecular formula is C19H19NO6. The number of allylic oxidation sites excluding steroid dienone is 1. The lowest BCUT2D eigenvalue weighted by Crippen LogP contribution is -2.01. The molecule has 0 aliphatic carbocycles. The minimum atomic E-state index is -0.996. The van der Waals surface area contributed by atoms with E-state index in [-0.39, 0.29) is 11.3 Å². The molecule has 0 aliphatic heterocycles. The number of anilines is 1. The van der Waals surface area contributed by atoms with E-state index in [1.807, 2.05) is 0 Å². The minimum Gasteiger partial charge on any atom is -0.493 e. The standard InChI is InChI=1S/C19H19NO6/c1-24-16-10-13(11-17(25-2)18(16)26-3)15(21)8-9-20-14-6-4-12(5-7-14)19(22)23/h4-11,20H,1-3H3,(H,22,23)/b9-8+. The molecule has 26 heavy (non-hydrogen) atoms. The highest BCUT2D eigenvalue weighted by molar-refractivity contribution is 6.05. The second kappa shape index (κ2) is 8.57. The lowest BCUT2D eigenvalue weighted by Gasteiger charge is -2.13. The number of ketones is 1. The summed E-state index contributed by atoms with van der Waals surface area (Å²) in [6.07, 6.45) is 2.83. The van der Waals surface area contributed by atoms with E-state index in [9.17, 15) is 9.59 Å². The zero-order valence-corrected chi connectivity index (χ0v) is 14.6. The number of hydrogen-bond donors (Lipinski definition) is 2. The van der Waals surface area contributed by atoms with E-state index >= 15 is 0 Å². The number of methoxy groups -OCH3 is 3. The first-order valence-electron chi connectivity index (χ1n) is 7.61. The maximum atomic E-state index is 12.4. The van der Waals surface area contributed by atoms with Crippen molar-refractivity contribution in [2.45, 2.75) is 0 Å². The molecule has 2 N–H and O–H groups in total. The second-order valence-electron chi connectivity index (χ2n) is 5.14. The monoisotopic (exact) mass is 357 g/mol. The first-order valence-corrected chi connectivity index (χ1v) is 7.61. The van der Waals surface area contributed by atoms with Crippen LogP contribution < -0.4 is 19.5 Å². The van der Waals surface area contributed by atoms with Crippen molar-refractivity contribution >= 4 is 17.4 Å². The van der Waals surface area contributed by atoms with Crippen molar-refractivity contribution in [1.29, 1.82) is 0 Å². The number of rotatable bonds is 8. The van der Waals surface area contributed by atoms with E-state index in [2.05, 4.69) is 5.32 Å². The van der Waals surface area contributed by atoms with Crippen LogP contribution in [0.1, 0.15) is 20.7 Å². The van der Waals surface area contributed by atoms with E-state index < -0.39 is 5.97 Å². The van der Waals surface area contributed by atoms with Gasteiger partial charge in [-0.25, -0.2) is 4.79 Å². The molecule has 0 saturated carbocycles. The Labute approximate surface area is 150 Å². The van der Waals surface area contributed by atoms with Crippen molar-refractivity contribution in [2.24, 2.45) is 0 Å². The summed E-state index contributed by atoms with van der Waals surface area (Å²) < 4.78 is 15.7. The summed E-state index contributed by atoms with van der Waals surface area (Å²) in [4.78, 5) is 23.2. The van der Waals surface area contributed by atoms with E-state index in [0.29, 0.717) is 28.5 Å². The van der Waals surface area contributed by atoms with Gasteiger partial charge in [-0.3, -0.25) is 4.79 Å². The number of aromatic carboxylic acids is 1. The van der Waals surface area contributed by atoms with Crippen molar-refractivity contribution in [3.05, 3.63) is 59.8 Å². The van der Waals surface area contributed by atoms with Crippen molar-refractivity contribution in [3.63, 3.8) is 0 Å². The molecule has 0 aromatic heterocycles. The molecule has 2 aromatic carbocycles. The van der Waals surface area contributed by atoms with Crippen LogP contribution in [0.4, 0.5) is 5.69 Å². The van der Waals surface area contributed by atoms with Crippen molar-refractivity contribution in [1.82, 2.24) is 0 Å². The average Bonchev–Trinajstić information content (AvgIpc) is 2.66. The molecule has 0 bridgehead atoms. The third-order valence-electron chi connectivity index (χ3n) is 3.57. The molecule has 0 spiro atoms. The second-order valence-corrected chi connectivity index (χ2v) is 5.14. The van der Waals surface area contributed by atoms with Crippen LogP contribution in [0.15, 0.2) is 48.7 Å². The van der Waals surface area contributed by atoms with Crippen LogP contribution in [0.2, 0.25) is 0 Å². The molecule has 2 aromatic rings. The van der Waals surface area contributed by atoms with Crippen molar-refractivity contribution in [3.8, 4) is 17.2 Å². The highest BCUT2D eigenvalue weighted by atomic mass is 16.5. The number of ether oxygens (including phenoxy) is 3. The molecule has 7 heteroatoms. The van der Waals surface area contributed by atoms with Gasteiger partial charge < -0.3 is 24.6 Å². The number of nitrogens with one attached hydrogen (secondary N) is 1. The fraction of sp³-hybridized carbons (Fsp3) is 0.158. The van der Waals surface area contributed by atoms with Crippen molar-refractivity contribution in [2.75, 3.05) is 26.6 Å². The first-order chi connectivity index (χ1) is 12.5. The van der Waals surface area contributed by atoms with Gasteiger partial charge in [0.15, 0.2) is 17.3 Å². The molecule has 0 aliphatic rings. The smallest absolute Gasteiger partial charge is 0.335 e. The van der Waals surface area contributed by atoms with Crippen LogP contribution in [0.25, 0.3) is 0 Å². The molecule has 0 fully saturated rings. The van der Waals surface area contributed by atoms with E-state index in [1.165, 1.54) is 45.7 Å². The highest BCUT2D eigenvalue weighted by Crippen LogP contribution is 2.38. The Morgan fingerprint density at radius 1 is 0.923 bits per heavy atom. The number of carbonyl (C=O) groups is 2. The summed E-state index contributed by atoms with van der Waals surface area (Å²) in [5, 5.41) is 11.8. The summed E-state index contributed by atoms with van der Waals surface area (Å²) >= 11 is 0. The van der Waals surface area contributed by atoms with Crippen LogP contribution in [-0.2, 0) is 0 Å². The zero-order chi connectivity index (χ0) is 19.1. The molecule has 0 radical (unpaired) electrons. The van der Waals surface area contributed by atoms with Crippen LogP contribution in [-0.4, -0.2) is 38.2 Å². The molecule has 0 heterocycles. The van der Waals surface area contributed by atoms with Gasteiger partial charge in [0.1, 0.15) is 0 Å². The Hall–Kier alpha value is -3.48. The van der Waals surface area contributed by atoms with Crippen LogP contribution in [0.3, 0.4) is 0 Å². The Kier molecular flexibility index (Phi) is 6.21. The summed E-state index contributed by atoms with van der Waals surface area (Å²) in [7, 11) is 4.44. The molecule has 0 saturated heterocycles. The topological polar surface area (TPSA) is 94.1 Å². The third-order valence-corrected chi connectivity index (χ3v) is 3.57. The number of hydrogen-bond acceptors (Lipinski definition) is 6. The zero-order valence-electron chi connectivity index (χ0n) is 14.6. The Morgan fingerprint density at radius 3 is 1.96 bits per heavy atom. The van der Waals surface area contributed by atoms with Gasteiger partial charge in [0, 0.05) is 23.5 Å². The number of carboxylic acid groups (broad SMARTS) is 1. The lowest BCUT2D eigenvalue weighted by atomic mass is 10.1. The normalized spacial score (nSPS) is 10.4. The van der Waals surface area contributed by atoms with Crippen LogP contribution in [0.5, 0.6) is 17.2 Å². The van der Waals surface area contributed by atoms with E-state index in [0.717, 1.165) is 0 Å². The van der Waals surface area contributed by atoms with E-state index in [4.69, 9.17) is 19.3 Å². The van der Waals surface area contributed by atoms with Gasteiger partial charge in [-0.05, 0) is 36.4 Å². The van der Waals surface area contributed by atoms with Gasteiger partial charge in [-0.2, -0.15) is 0 Å². The summed E-state index contributed by atoms with van der Waals surface area (Å²) in [5.41, 5.74) is 1.22. The predicted octanol–water partition coefficient (Wildman–Crippen LogP) is 3.22. The van der Waals surface area contributed by atoms with Gasteiger partial charge >= 0.3 is 5.97 Å². The Balaban J connectivity index is 2.13. The lowest BCUT2D eigenvalue weighted by molar-refractivity contribution is 0.0696. The maximum absolute atomic E-state index is 12.4. The molecule has 0 amide bonds.